The van der Waals surface area contributed by atoms with Crippen LogP contribution in [-0.4, -0.2) is 28.0 Å². The molecule has 1 aromatic carbocycles. The van der Waals surface area contributed by atoms with Gasteiger partial charge in [-0.3, -0.25) is 9.36 Å². The van der Waals surface area contributed by atoms with Gasteiger partial charge < -0.3 is 4.74 Å². The lowest BCUT2D eigenvalue weighted by molar-refractivity contribution is 0.129. The van der Waals surface area contributed by atoms with Crippen LogP contribution in [-0.2, 0) is 24.1 Å². The van der Waals surface area contributed by atoms with E-state index in [1.54, 1.807) is 23.1 Å². The number of aryl methyl sites for hydroxylation is 2. The van der Waals surface area contributed by atoms with Crippen molar-refractivity contribution in [1.82, 2.24) is 9.55 Å². The maximum absolute atomic E-state index is 13.2. The predicted molar refractivity (Wildman–Crippen MR) is 113 cm³/mol. The van der Waals surface area contributed by atoms with Crippen LogP contribution in [0.25, 0.3) is 10.2 Å². The summed E-state index contributed by atoms with van der Waals surface area (Å²) in [6, 6.07) is 12.3. The molecule has 0 bridgehead atoms. The summed E-state index contributed by atoms with van der Waals surface area (Å²) in [5.74, 6) is 0.856. The van der Waals surface area contributed by atoms with Crippen molar-refractivity contribution in [2.24, 2.45) is 0 Å². The number of ether oxygens (including phenoxy) is 1. The molecule has 1 aliphatic heterocycles. The van der Waals surface area contributed by atoms with Gasteiger partial charge in [0.2, 0.25) is 0 Å². The highest BCUT2D eigenvalue weighted by molar-refractivity contribution is 7.99. The van der Waals surface area contributed by atoms with Crippen LogP contribution >= 0.6 is 23.1 Å². The van der Waals surface area contributed by atoms with E-state index < -0.39 is 0 Å². The lowest BCUT2D eigenvalue weighted by Gasteiger charge is -2.14. The fraction of sp³-hybridized carbons (Fsp3) is 0.429. The summed E-state index contributed by atoms with van der Waals surface area (Å²) >= 11 is 3.30. The van der Waals surface area contributed by atoms with Crippen molar-refractivity contribution in [3.05, 3.63) is 57.2 Å². The number of nitrogens with zero attached hydrogens (tertiary/aromatic N) is 2. The highest BCUT2D eigenvalue weighted by Gasteiger charge is 2.19. The minimum atomic E-state index is 0.0849. The van der Waals surface area contributed by atoms with Gasteiger partial charge in [0.25, 0.3) is 5.56 Å². The molecule has 0 radical (unpaired) electrons. The molecule has 0 N–H and O–H groups in total. The van der Waals surface area contributed by atoms with Crippen LogP contribution in [0.15, 0.2) is 46.3 Å². The predicted octanol–water partition coefficient (Wildman–Crippen LogP) is 4.53. The molecule has 3 aromatic rings. The van der Waals surface area contributed by atoms with Gasteiger partial charge in [-0.1, -0.05) is 49.0 Å². The van der Waals surface area contributed by atoms with Crippen LogP contribution in [0.3, 0.4) is 0 Å². The Balaban J connectivity index is 1.65. The van der Waals surface area contributed by atoms with Crippen LogP contribution in [0, 0.1) is 0 Å². The molecule has 4 nitrogen and oxygen atoms in total. The second-order valence-corrected chi connectivity index (χ2v) is 8.92. The summed E-state index contributed by atoms with van der Waals surface area (Å²) in [6.45, 7) is 3.62. The van der Waals surface area contributed by atoms with Gasteiger partial charge in [0.05, 0.1) is 11.5 Å². The summed E-state index contributed by atoms with van der Waals surface area (Å²) in [7, 11) is 0. The summed E-state index contributed by atoms with van der Waals surface area (Å²) < 4.78 is 7.61. The van der Waals surface area contributed by atoms with Gasteiger partial charge in [0, 0.05) is 23.8 Å². The quantitative estimate of drug-likeness (QED) is 0.432. The van der Waals surface area contributed by atoms with E-state index in [4.69, 9.17) is 9.72 Å². The molecular weight excluding hydrogens is 376 g/mol. The Morgan fingerprint density at radius 3 is 2.93 bits per heavy atom. The van der Waals surface area contributed by atoms with Gasteiger partial charge in [-0.15, -0.1) is 11.3 Å². The van der Waals surface area contributed by atoms with Crippen LogP contribution < -0.4 is 5.56 Å². The third kappa shape index (κ3) is 4.28. The Kier molecular flexibility index (Phi) is 5.95. The zero-order valence-corrected chi connectivity index (χ0v) is 17.2. The van der Waals surface area contributed by atoms with Gasteiger partial charge >= 0.3 is 0 Å². The van der Waals surface area contributed by atoms with Gasteiger partial charge in [-0.25, -0.2) is 4.98 Å². The maximum Gasteiger partial charge on any atom is 0.262 e. The molecule has 0 saturated carbocycles. The molecule has 3 heterocycles. The Morgan fingerprint density at radius 1 is 1.33 bits per heavy atom. The molecule has 1 atom stereocenters. The average Bonchev–Trinajstić information content (AvgIpc) is 3.36. The van der Waals surface area contributed by atoms with Crippen molar-refractivity contribution in [3.8, 4) is 0 Å². The molecule has 0 spiro atoms. The number of fused-ring (bicyclic) bond motifs is 1. The van der Waals surface area contributed by atoms with Crippen molar-refractivity contribution in [2.75, 3.05) is 12.4 Å². The zero-order chi connectivity index (χ0) is 18.6. The van der Waals surface area contributed by atoms with E-state index in [2.05, 4.69) is 19.1 Å². The number of aromatic nitrogens is 2. The number of benzene rings is 1. The topological polar surface area (TPSA) is 44.1 Å². The molecule has 0 aliphatic carbocycles. The number of hydrogen-bond donors (Lipinski definition) is 0. The normalized spacial score (nSPS) is 17.0. The van der Waals surface area contributed by atoms with Crippen molar-refractivity contribution >= 4 is 33.3 Å². The molecule has 0 unspecified atom stereocenters. The van der Waals surface area contributed by atoms with E-state index in [1.165, 1.54) is 10.4 Å². The molecule has 4 rings (SSSR count). The van der Waals surface area contributed by atoms with Crippen LogP contribution in [0.2, 0.25) is 0 Å². The lowest BCUT2D eigenvalue weighted by atomic mass is 10.1. The highest BCUT2D eigenvalue weighted by Crippen LogP contribution is 2.27. The van der Waals surface area contributed by atoms with Crippen molar-refractivity contribution in [3.63, 3.8) is 0 Å². The molecule has 27 heavy (non-hydrogen) atoms. The first kappa shape index (κ1) is 18.7. The smallest absolute Gasteiger partial charge is 0.262 e. The van der Waals surface area contributed by atoms with Gasteiger partial charge in [0.15, 0.2) is 5.16 Å². The minimum absolute atomic E-state index is 0.0849. The Hall–Kier alpha value is -1.63. The van der Waals surface area contributed by atoms with E-state index in [1.807, 2.05) is 28.8 Å². The molecule has 1 saturated heterocycles. The number of rotatable bonds is 7. The molecule has 142 valence electrons. The Labute approximate surface area is 167 Å². The number of thioether (sulfide) groups is 1. The van der Waals surface area contributed by atoms with E-state index >= 15 is 0 Å². The van der Waals surface area contributed by atoms with Gasteiger partial charge in [-0.2, -0.15) is 0 Å². The Morgan fingerprint density at radius 2 is 2.19 bits per heavy atom. The lowest BCUT2D eigenvalue weighted by Crippen LogP contribution is -2.24. The summed E-state index contributed by atoms with van der Waals surface area (Å²) in [6.07, 6.45) is 4.26. The fourth-order valence-corrected chi connectivity index (χ4v) is 5.46. The van der Waals surface area contributed by atoms with Crippen molar-refractivity contribution in [2.45, 2.75) is 50.4 Å². The molecular formula is C21H24N2O2S2. The summed E-state index contributed by atoms with van der Waals surface area (Å²) in [5.41, 5.74) is 1.32. The third-order valence-electron chi connectivity index (χ3n) is 4.90. The summed E-state index contributed by atoms with van der Waals surface area (Å²) in [5, 5.41) is 1.58. The zero-order valence-electron chi connectivity index (χ0n) is 15.5. The monoisotopic (exact) mass is 400 g/mol. The van der Waals surface area contributed by atoms with Crippen LogP contribution in [0.1, 0.15) is 30.2 Å². The first-order chi connectivity index (χ1) is 13.2. The molecule has 1 fully saturated rings. The van der Waals surface area contributed by atoms with Crippen molar-refractivity contribution < 1.29 is 4.74 Å². The van der Waals surface area contributed by atoms with E-state index in [9.17, 15) is 4.79 Å². The minimum Gasteiger partial charge on any atom is -0.377 e. The van der Waals surface area contributed by atoms with E-state index in [-0.39, 0.29) is 11.7 Å². The first-order valence-electron chi connectivity index (χ1n) is 9.56. The SMILES string of the molecule is CCc1cc2c(=O)n(CCc3ccccc3)c(SC[C@@H]3CCCO3)nc2s1. The third-order valence-corrected chi connectivity index (χ3v) is 7.19. The first-order valence-corrected chi connectivity index (χ1v) is 11.4. The molecule has 1 aliphatic rings. The van der Waals surface area contributed by atoms with Crippen molar-refractivity contribution in [1.29, 1.82) is 0 Å². The number of hydrogen-bond acceptors (Lipinski definition) is 5. The second kappa shape index (κ2) is 8.59. The highest BCUT2D eigenvalue weighted by atomic mass is 32.2. The molecule has 2 aromatic heterocycles. The average molecular weight is 401 g/mol. The van der Waals surface area contributed by atoms with E-state index in [0.717, 1.165) is 53.4 Å². The van der Waals surface area contributed by atoms with E-state index in [0.29, 0.717) is 6.54 Å². The van der Waals surface area contributed by atoms with Crippen LogP contribution in [0.5, 0.6) is 0 Å². The standard InChI is InChI=1S/C21H24N2O2S2/c1-2-17-13-18-19(27-17)22-21(26-14-16-9-6-12-25-16)23(20(18)24)11-10-15-7-4-3-5-8-15/h3-5,7-8,13,16H,2,6,9-12,14H2,1H3/t16-/m0/s1. The largest absolute Gasteiger partial charge is 0.377 e. The summed E-state index contributed by atoms with van der Waals surface area (Å²) in [4.78, 5) is 20.1. The molecule has 0 amide bonds. The van der Waals surface area contributed by atoms with Gasteiger partial charge in [0.1, 0.15) is 4.83 Å². The van der Waals surface area contributed by atoms with Crippen LogP contribution in [0.4, 0.5) is 0 Å². The maximum atomic E-state index is 13.2. The second-order valence-electron chi connectivity index (χ2n) is 6.82. The molecule has 6 heteroatoms. The number of thiophene rings is 1. The van der Waals surface area contributed by atoms with Gasteiger partial charge in [-0.05, 0) is 37.3 Å². The Bertz CT molecular complexity index is 959. The fourth-order valence-electron chi connectivity index (χ4n) is 3.36.